The van der Waals surface area contributed by atoms with Gasteiger partial charge in [-0.3, -0.25) is 0 Å². The molecule has 0 unspecified atom stereocenters. The molecule has 1 saturated carbocycles. The highest BCUT2D eigenvalue weighted by Crippen LogP contribution is 2.35. The molecule has 0 bridgehead atoms. The first-order valence-corrected chi connectivity index (χ1v) is 6.55. The molecule has 17 heavy (non-hydrogen) atoms. The van der Waals surface area contributed by atoms with Crippen molar-refractivity contribution in [2.75, 3.05) is 24.7 Å². The van der Waals surface area contributed by atoms with E-state index in [1.807, 2.05) is 0 Å². The fraction of sp³-hybridized carbons (Fsp3) is 0.667. The van der Waals surface area contributed by atoms with Crippen molar-refractivity contribution < 1.29 is 4.74 Å². The number of rotatable bonds is 1. The molecule has 92 valence electrons. The SMILES string of the molecule is Clc1nccnc1N1CCOC[C@H]2CCC[C@@H]21. The molecule has 0 spiro atoms. The molecule has 0 amide bonds. The van der Waals surface area contributed by atoms with Crippen LogP contribution in [0.3, 0.4) is 0 Å². The minimum absolute atomic E-state index is 0.500. The van der Waals surface area contributed by atoms with E-state index in [1.54, 1.807) is 12.4 Å². The molecule has 1 aromatic heterocycles. The van der Waals surface area contributed by atoms with Gasteiger partial charge in [-0.25, -0.2) is 9.97 Å². The van der Waals surface area contributed by atoms with Gasteiger partial charge >= 0.3 is 0 Å². The van der Waals surface area contributed by atoms with Crippen molar-refractivity contribution >= 4 is 17.4 Å². The summed E-state index contributed by atoms with van der Waals surface area (Å²) >= 11 is 6.15. The predicted octanol–water partition coefficient (Wildman–Crippen LogP) is 2.14. The number of ether oxygens (including phenoxy) is 1. The van der Waals surface area contributed by atoms with Gasteiger partial charge in [-0.1, -0.05) is 18.0 Å². The first kappa shape index (κ1) is 11.2. The number of aromatic nitrogens is 2. The maximum Gasteiger partial charge on any atom is 0.171 e. The van der Waals surface area contributed by atoms with Gasteiger partial charge in [0.2, 0.25) is 0 Å². The van der Waals surface area contributed by atoms with Crippen molar-refractivity contribution in [2.45, 2.75) is 25.3 Å². The number of anilines is 1. The van der Waals surface area contributed by atoms with E-state index in [0.29, 0.717) is 17.1 Å². The van der Waals surface area contributed by atoms with Crippen molar-refractivity contribution in [3.05, 3.63) is 17.5 Å². The highest BCUT2D eigenvalue weighted by atomic mass is 35.5. The average molecular weight is 254 g/mol. The second-order valence-corrected chi connectivity index (χ2v) is 5.06. The minimum Gasteiger partial charge on any atom is -0.379 e. The zero-order chi connectivity index (χ0) is 11.7. The van der Waals surface area contributed by atoms with E-state index in [2.05, 4.69) is 14.9 Å². The van der Waals surface area contributed by atoms with Gasteiger partial charge in [0.25, 0.3) is 0 Å². The number of hydrogen-bond acceptors (Lipinski definition) is 4. The zero-order valence-electron chi connectivity index (χ0n) is 9.68. The molecular weight excluding hydrogens is 238 g/mol. The van der Waals surface area contributed by atoms with Crippen molar-refractivity contribution in [3.8, 4) is 0 Å². The summed E-state index contributed by atoms with van der Waals surface area (Å²) < 4.78 is 5.67. The average Bonchev–Trinajstić information content (AvgIpc) is 2.71. The molecule has 5 heteroatoms. The Balaban J connectivity index is 1.92. The van der Waals surface area contributed by atoms with Gasteiger partial charge in [0.1, 0.15) is 0 Å². The van der Waals surface area contributed by atoms with Crippen LogP contribution in [0.2, 0.25) is 5.15 Å². The van der Waals surface area contributed by atoms with Crippen LogP contribution in [0.1, 0.15) is 19.3 Å². The van der Waals surface area contributed by atoms with Gasteiger partial charge < -0.3 is 9.64 Å². The molecule has 2 atom stereocenters. The standard InChI is InChI=1S/C12H16ClN3O/c13-11-12(15-5-4-14-11)16-6-7-17-8-9-2-1-3-10(9)16/h4-5,9-10H,1-3,6-8H2/t9-,10+/m1/s1. The van der Waals surface area contributed by atoms with Crippen LogP contribution in [0.15, 0.2) is 12.4 Å². The molecule has 2 aliphatic rings. The summed E-state index contributed by atoms with van der Waals surface area (Å²) in [4.78, 5) is 10.8. The highest BCUT2D eigenvalue weighted by Gasteiger charge is 2.35. The third-order valence-corrected chi connectivity index (χ3v) is 4.00. The Labute approximate surface area is 106 Å². The van der Waals surface area contributed by atoms with Gasteiger partial charge in [-0.15, -0.1) is 0 Å². The Hall–Kier alpha value is -0.870. The first-order chi connectivity index (χ1) is 8.36. The van der Waals surface area contributed by atoms with Crippen LogP contribution < -0.4 is 4.90 Å². The fourth-order valence-electron chi connectivity index (χ4n) is 2.95. The molecule has 3 rings (SSSR count). The van der Waals surface area contributed by atoms with E-state index in [-0.39, 0.29) is 0 Å². The molecule has 0 N–H and O–H groups in total. The van der Waals surface area contributed by atoms with Gasteiger partial charge in [-0.2, -0.15) is 0 Å². The van der Waals surface area contributed by atoms with E-state index in [9.17, 15) is 0 Å². The summed E-state index contributed by atoms with van der Waals surface area (Å²) in [7, 11) is 0. The number of fused-ring (bicyclic) bond motifs is 1. The summed E-state index contributed by atoms with van der Waals surface area (Å²) in [6.07, 6.45) is 7.07. The van der Waals surface area contributed by atoms with Gasteiger partial charge in [0.05, 0.1) is 13.2 Å². The molecule has 0 aromatic carbocycles. The van der Waals surface area contributed by atoms with E-state index < -0.39 is 0 Å². The van der Waals surface area contributed by atoms with Crippen molar-refractivity contribution in [3.63, 3.8) is 0 Å². The van der Waals surface area contributed by atoms with Gasteiger partial charge in [0.15, 0.2) is 11.0 Å². The van der Waals surface area contributed by atoms with E-state index in [4.69, 9.17) is 16.3 Å². The van der Waals surface area contributed by atoms with Crippen LogP contribution in [-0.2, 0) is 4.74 Å². The molecule has 0 radical (unpaired) electrons. The first-order valence-electron chi connectivity index (χ1n) is 6.17. The largest absolute Gasteiger partial charge is 0.379 e. The topological polar surface area (TPSA) is 38.2 Å². The van der Waals surface area contributed by atoms with Gasteiger partial charge in [0, 0.05) is 30.9 Å². The van der Waals surface area contributed by atoms with Crippen LogP contribution in [0, 0.1) is 5.92 Å². The number of halogens is 1. The summed E-state index contributed by atoms with van der Waals surface area (Å²) in [5, 5.41) is 0.500. The van der Waals surface area contributed by atoms with Crippen LogP contribution in [0.25, 0.3) is 0 Å². The summed E-state index contributed by atoms with van der Waals surface area (Å²) in [5.74, 6) is 1.44. The number of hydrogen-bond donors (Lipinski definition) is 0. The minimum atomic E-state index is 0.500. The Bertz CT molecular complexity index is 401. The quantitative estimate of drug-likeness (QED) is 0.769. The van der Waals surface area contributed by atoms with Gasteiger partial charge in [-0.05, 0) is 12.8 Å². The Morgan fingerprint density at radius 3 is 3.06 bits per heavy atom. The molecule has 1 saturated heterocycles. The van der Waals surface area contributed by atoms with Crippen LogP contribution in [0.4, 0.5) is 5.82 Å². The fourth-order valence-corrected chi connectivity index (χ4v) is 3.17. The smallest absolute Gasteiger partial charge is 0.171 e. The predicted molar refractivity (Wildman–Crippen MR) is 66.3 cm³/mol. The van der Waals surface area contributed by atoms with Crippen molar-refractivity contribution in [1.82, 2.24) is 9.97 Å². The Kier molecular flexibility index (Phi) is 3.16. The normalized spacial score (nSPS) is 28.9. The molecule has 4 nitrogen and oxygen atoms in total. The second kappa shape index (κ2) is 4.78. The summed E-state index contributed by atoms with van der Waals surface area (Å²) in [6.45, 7) is 2.48. The van der Waals surface area contributed by atoms with Crippen LogP contribution in [-0.4, -0.2) is 35.8 Å². The third kappa shape index (κ3) is 2.11. The Morgan fingerprint density at radius 2 is 2.18 bits per heavy atom. The molecule has 1 aromatic rings. The zero-order valence-corrected chi connectivity index (χ0v) is 10.4. The maximum atomic E-state index is 6.15. The lowest BCUT2D eigenvalue weighted by Gasteiger charge is -2.31. The maximum absolute atomic E-state index is 6.15. The Morgan fingerprint density at radius 1 is 1.29 bits per heavy atom. The summed E-state index contributed by atoms with van der Waals surface area (Å²) in [6, 6.07) is 0.520. The number of nitrogens with zero attached hydrogens (tertiary/aromatic N) is 3. The van der Waals surface area contributed by atoms with E-state index in [0.717, 1.165) is 25.6 Å². The van der Waals surface area contributed by atoms with Crippen molar-refractivity contribution in [2.24, 2.45) is 5.92 Å². The van der Waals surface area contributed by atoms with E-state index in [1.165, 1.54) is 19.3 Å². The van der Waals surface area contributed by atoms with Crippen LogP contribution in [0.5, 0.6) is 0 Å². The highest BCUT2D eigenvalue weighted by molar-refractivity contribution is 6.31. The van der Waals surface area contributed by atoms with Crippen molar-refractivity contribution in [1.29, 1.82) is 0 Å². The molecular formula is C12H16ClN3O. The van der Waals surface area contributed by atoms with Crippen LogP contribution >= 0.6 is 11.6 Å². The third-order valence-electron chi connectivity index (χ3n) is 3.74. The molecule has 2 fully saturated rings. The summed E-state index contributed by atoms with van der Waals surface area (Å²) in [5.41, 5.74) is 0. The second-order valence-electron chi connectivity index (χ2n) is 4.70. The lowest BCUT2D eigenvalue weighted by atomic mass is 10.0. The molecule has 1 aliphatic carbocycles. The molecule has 1 aliphatic heterocycles. The monoisotopic (exact) mass is 253 g/mol. The lowest BCUT2D eigenvalue weighted by Crippen LogP contribution is -2.39. The van der Waals surface area contributed by atoms with E-state index >= 15 is 0 Å². The molecule has 2 heterocycles. The lowest BCUT2D eigenvalue weighted by molar-refractivity contribution is 0.121.